The first-order valence-electron chi connectivity index (χ1n) is 5.54. The zero-order valence-electron chi connectivity index (χ0n) is 9.75. The third-order valence-electron chi connectivity index (χ3n) is 3.12. The summed E-state index contributed by atoms with van der Waals surface area (Å²) in [7, 11) is 0. The smallest absolute Gasteiger partial charge is 0.00629 e. The van der Waals surface area contributed by atoms with Crippen LogP contribution in [0.15, 0.2) is 48.1 Å². The van der Waals surface area contributed by atoms with Crippen LogP contribution in [-0.4, -0.2) is 0 Å². The summed E-state index contributed by atoms with van der Waals surface area (Å²) in [6.45, 7) is 6.81. The topological polar surface area (TPSA) is 0 Å². The molecule has 0 nitrogen and oxygen atoms in total. The fraction of sp³-hybridized carbons (Fsp3) is 0.333. The maximum atomic E-state index is 2.33. The highest BCUT2D eigenvalue weighted by molar-refractivity contribution is 5.73. The van der Waals surface area contributed by atoms with Crippen LogP contribution in [0.2, 0.25) is 0 Å². The van der Waals surface area contributed by atoms with Gasteiger partial charge in [0, 0.05) is 0 Å². The van der Waals surface area contributed by atoms with Crippen LogP contribution in [-0.2, 0) is 0 Å². The predicted molar refractivity (Wildman–Crippen MR) is 66.6 cm³/mol. The van der Waals surface area contributed by atoms with Crippen LogP contribution in [0.3, 0.4) is 0 Å². The van der Waals surface area contributed by atoms with Crippen molar-refractivity contribution < 1.29 is 0 Å². The Bertz CT molecular complexity index is 405. The van der Waals surface area contributed by atoms with E-state index < -0.39 is 0 Å². The van der Waals surface area contributed by atoms with Gasteiger partial charge in [0.25, 0.3) is 0 Å². The van der Waals surface area contributed by atoms with E-state index in [2.05, 4.69) is 63.3 Å². The average Bonchev–Trinajstić information content (AvgIpc) is 2.23. The number of hydrogen-bond acceptors (Lipinski definition) is 0. The summed E-state index contributed by atoms with van der Waals surface area (Å²) >= 11 is 0. The third-order valence-corrected chi connectivity index (χ3v) is 3.12. The van der Waals surface area contributed by atoms with Crippen LogP contribution >= 0.6 is 0 Å². The van der Waals surface area contributed by atoms with Gasteiger partial charge in [0.15, 0.2) is 0 Å². The van der Waals surface area contributed by atoms with Crippen LogP contribution in [0.5, 0.6) is 0 Å². The number of allylic oxidation sites excluding steroid dienone is 4. The number of rotatable bonds is 1. The molecule has 0 heteroatoms. The third kappa shape index (κ3) is 2.04. The predicted octanol–water partition coefficient (Wildman–Crippen LogP) is 4.45. The Morgan fingerprint density at radius 2 is 1.73 bits per heavy atom. The molecule has 0 saturated heterocycles. The van der Waals surface area contributed by atoms with E-state index in [1.165, 1.54) is 16.7 Å². The normalized spacial score (nSPS) is 19.4. The molecule has 0 heterocycles. The minimum absolute atomic E-state index is 0.265. The largest absolute Gasteiger partial charge is 0.0807 e. The summed E-state index contributed by atoms with van der Waals surface area (Å²) < 4.78 is 0. The van der Waals surface area contributed by atoms with Gasteiger partial charge in [-0.2, -0.15) is 0 Å². The monoisotopic (exact) mass is 198 g/mol. The molecule has 0 atom stereocenters. The molecule has 15 heavy (non-hydrogen) atoms. The van der Waals surface area contributed by atoms with Crippen molar-refractivity contribution in [2.45, 2.75) is 27.2 Å². The van der Waals surface area contributed by atoms with Gasteiger partial charge in [0.1, 0.15) is 0 Å². The Morgan fingerprint density at radius 1 is 1.07 bits per heavy atom. The fourth-order valence-corrected chi connectivity index (χ4v) is 2.10. The summed E-state index contributed by atoms with van der Waals surface area (Å²) in [6, 6.07) is 10.7. The standard InChI is InChI=1S/C15H18/c1-12-9-10-15(2,3)14(11-12)13-7-5-4-6-8-13/h4-9,11H,10H2,1-3H3. The molecule has 0 amide bonds. The lowest BCUT2D eigenvalue weighted by Crippen LogP contribution is -2.15. The summed E-state index contributed by atoms with van der Waals surface area (Å²) in [5.74, 6) is 0. The van der Waals surface area contributed by atoms with Crippen molar-refractivity contribution in [2.24, 2.45) is 5.41 Å². The molecule has 0 bridgehead atoms. The highest BCUT2D eigenvalue weighted by atomic mass is 14.3. The van der Waals surface area contributed by atoms with Crippen LogP contribution < -0.4 is 0 Å². The van der Waals surface area contributed by atoms with Crippen LogP contribution in [0.4, 0.5) is 0 Å². The lowest BCUT2D eigenvalue weighted by molar-refractivity contribution is 0.503. The maximum Gasteiger partial charge on any atom is -0.00629 e. The molecule has 0 aromatic heterocycles. The van der Waals surface area contributed by atoms with Gasteiger partial charge in [-0.3, -0.25) is 0 Å². The summed E-state index contributed by atoms with van der Waals surface area (Å²) in [4.78, 5) is 0. The Kier molecular flexibility index (Phi) is 2.52. The van der Waals surface area contributed by atoms with Gasteiger partial charge in [-0.25, -0.2) is 0 Å². The average molecular weight is 198 g/mol. The van der Waals surface area contributed by atoms with E-state index >= 15 is 0 Å². The number of benzene rings is 1. The fourth-order valence-electron chi connectivity index (χ4n) is 2.10. The lowest BCUT2D eigenvalue weighted by atomic mass is 9.74. The van der Waals surface area contributed by atoms with Crippen LogP contribution in [0, 0.1) is 5.41 Å². The van der Waals surface area contributed by atoms with Crippen molar-refractivity contribution in [1.29, 1.82) is 0 Å². The second-order valence-corrected chi connectivity index (χ2v) is 4.96. The molecule has 1 aliphatic rings. The first kappa shape index (κ1) is 10.2. The van der Waals surface area contributed by atoms with E-state index in [9.17, 15) is 0 Å². The van der Waals surface area contributed by atoms with Crippen molar-refractivity contribution in [1.82, 2.24) is 0 Å². The highest BCUT2D eigenvalue weighted by Crippen LogP contribution is 2.41. The quantitative estimate of drug-likeness (QED) is 0.625. The molecule has 0 saturated carbocycles. The molecule has 78 valence electrons. The van der Waals surface area contributed by atoms with E-state index in [1.807, 2.05) is 0 Å². The molecule has 0 unspecified atom stereocenters. The molecule has 1 aromatic rings. The second kappa shape index (κ2) is 3.69. The lowest BCUT2D eigenvalue weighted by Gasteiger charge is -2.30. The highest BCUT2D eigenvalue weighted by Gasteiger charge is 2.25. The Morgan fingerprint density at radius 3 is 2.40 bits per heavy atom. The van der Waals surface area contributed by atoms with Gasteiger partial charge in [-0.1, -0.05) is 61.9 Å². The Labute approximate surface area is 92.3 Å². The molecule has 0 aliphatic heterocycles. The van der Waals surface area contributed by atoms with Crippen molar-refractivity contribution in [3.8, 4) is 0 Å². The summed E-state index contributed by atoms with van der Waals surface area (Å²) in [5.41, 5.74) is 4.46. The number of hydrogen-bond donors (Lipinski definition) is 0. The minimum Gasteiger partial charge on any atom is -0.0807 e. The molecule has 1 aromatic carbocycles. The first-order valence-corrected chi connectivity index (χ1v) is 5.54. The van der Waals surface area contributed by atoms with E-state index in [0.717, 1.165) is 6.42 Å². The van der Waals surface area contributed by atoms with E-state index in [-0.39, 0.29) is 5.41 Å². The van der Waals surface area contributed by atoms with Gasteiger partial charge in [0.2, 0.25) is 0 Å². The zero-order chi connectivity index (χ0) is 10.9. The molecular formula is C15H18. The van der Waals surface area contributed by atoms with Gasteiger partial charge in [0.05, 0.1) is 0 Å². The first-order chi connectivity index (χ1) is 7.09. The molecule has 0 fully saturated rings. The van der Waals surface area contributed by atoms with E-state index in [4.69, 9.17) is 0 Å². The second-order valence-electron chi connectivity index (χ2n) is 4.96. The van der Waals surface area contributed by atoms with Crippen molar-refractivity contribution >= 4 is 5.57 Å². The van der Waals surface area contributed by atoms with Crippen molar-refractivity contribution in [3.05, 3.63) is 53.6 Å². The summed E-state index contributed by atoms with van der Waals surface area (Å²) in [6.07, 6.45) is 5.78. The minimum atomic E-state index is 0.265. The van der Waals surface area contributed by atoms with Gasteiger partial charge < -0.3 is 0 Å². The molecule has 0 N–H and O–H groups in total. The molecule has 0 radical (unpaired) electrons. The molecular weight excluding hydrogens is 180 g/mol. The zero-order valence-corrected chi connectivity index (χ0v) is 9.75. The van der Waals surface area contributed by atoms with Crippen LogP contribution in [0.1, 0.15) is 32.8 Å². The van der Waals surface area contributed by atoms with E-state index in [1.54, 1.807) is 0 Å². The van der Waals surface area contributed by atoms with Gasteiger partial charge in [-0.15, -0.1) is 0 Å². The van der Waals surface area contributed by atoms with Gasteiger partial charge >= 0.3 is 0 Å². The Hall–Kier alpha value is -1.30. The van der Waals surface area contributed by atoms with Crippen molar-refractivity contribution in [3.63, 3.8) is 0 Å². The van der Waals surface area contributed by atoms with Crippen LogP contribution in [0.25, 0.3) is 5.57 Å². The maximum absolute atomic E-state index is 2.33. The molecule has 2 rings (SSSR count). The van der Waals surface area contributed by atoms with Gasteiger partial charge in [-0.05, 0) is 29.9 Å². The Balaban J connectivity index is 2.47. The van der Waals surface area contributed by atoms with E-state index in [0.29, 0.717) is 0 Å². The molecule has 1 aliphatic carbocycles. The summed E-state index contributed by atoms with van der Waals surface area (Å²) in [5, 5.41) is 0. The SMILES string of the molecule is CC1=CCC(C)(C)C(c2ccccc2)=C1. The molecule has 0 spiro atoms. The van der Waals surface area contributed by atoms with Crippen molar-refractivity contribution in [2.75, 3.05) is 0 Å².